The van der Waals surface area contributed by atoms with Gasteiger partial charge >= 0.3 is 6.03 Å². The predicted molar refractivity (Wildman–Crippen MR) is 128 cm³/mol. The number of hydrogen-bond donors (Lipinski definition) is 2. The Morgan fingerprint density at radius 3 is 2.38 bits per heavy atom. The maximum atomic E-state index is 12.5. The summed E-state index contributed by atoms with van der Waals surface area (Å²) in [6.07, 6.45) is 1.76. The van der Waals surface area contributed by atoms with Crippen molar-refractivity contribution in [3.63, 3.8) is 0 Å². The molecule has 6 nitrogen and oxygen atoms in total. The molecule has 0 aliphatic rings. The lowest BCUT2D eigenvalue weighted by Gasteiger charge is -2.10. The van der Waals surface area contributed by atoms with E-state index in [4.69, 9.17) is 4.74 Å². The molecule has 2 aromatic heterocycles. The molecule has 2 heterocycles. The van der Waals surface area contributed by atoms with Crippen molar-refractivity contribution >= 4 is 39.1 Å². The van der Waals surface area contributed by atoms with Crippen molar-refractivity contribution in [2.45, 2.75) is 0 Å². The van der Waals surface area contributed by atoms with Crippen LogP contribution in [0.3, 0.4) is 0 Å². The minimum absolute atomic E-state index is 0.329. The van der Waals surface area contributed by atoms with E-state index in [1.54, 1.807) is 18.3 Å². The van der Waals surface area contributed by atoms with Crippen LogP contribution in [0.2, 0.25) is 0 Å². The molecule has 0 aliphatic carbocycles. The standard InChI is InChI=1S/C25H18N4O2S/c30-25(27-18-11-13-21(14-12-18)31-20-8-2-1-3-9-20)28-19-7-4-6-17(16-19)23-29-22-10-5-15-26-24(22)32-23/h1-16H,(H2,27,28,30). The van der Waals surface area contributed by atoms with Gasteiger partial charge in [-0.25, -0.2) is 14.8 Å². The number of aromatic nitrogens is 2. The lowest BCUT2D eigenvalue weighted by Crippen LogP contribution is -2.19. The number of amides is 2. The lowest BCUT2D eigenvalue weighted by atomic mass is 10.2. The van der Waals surface area contributed by atoms with Crippen LogP contribution in [-0.2, 0) is 0 Å². The second-order valence-electron chi connectivity index (χ2n) is 6.95. The lowest BCUT2D eigenvalue weighted by molar-refractivity contribution is 0.262. The number of nitrogens with one attached hydrogen (secondary N) is 2. The fourth-order valence-electron chi connectivity index (χ4n) is 3.15. The zero-order valence-electron chi connectivity index (χ0n) is 16.9. The number of ether oxygens (including phenoxy) is 1. The number of urea groups is 1. The molecule has 0 saturated heterocycles. The molecule has 7 heteroatoms. The van der Waals surface area contributed by atoms with E-state index in [1.165, 1.54) is 11.3 Å². The van der Waals surface area contributed by atoms with Gasteiger partial charge in [0.05, 0.1) is 0 Å². The second-order valence-corrected chi connectivity index (χ2v) is 7.92. The van der Waals surface area contributed by atoms with Gasteiger partial charge in [-0.2, -0.15) is 0 Å². The van der Waals surface area contributed by atoms with Crippen LogP contribution in [0.1, 0.15) is 0 Å². The smallest absolute Gasteiger partial charge is 0.323 e. The van der Waals surface area contributed by atoms with Crippen LogP contribution in [-0.4, -0.2) is 16.0 Å². The Morgan fingerprint density at radius 2 is 1.56 bits per heavy atom. The van der Waals surface area contributed by atoms with Crippen LogP contribution < -0.4 is 15.4 Å². The van der Waals surface area contributed by atoms with Crippen LogP contribution in [0.5, 0.6) is 11.5 Å². The number of anilines is 2. The number of nitrogens with zero attached hydrogens (tertiary/aromatic N) is 2. The Morgan fingerprint density at radius 1 is 0.781 bits per heavy atom. The minimum Gasteiger partial charge on any atom is -0.457 e. The molecule has 3 aromatic carbocycles. The van der Waals surface area contributed by atoms with Crippen LogP contribution in [0.4, 0.5) is 16.2 Å². The molecular weight excluding hydrogens is 420 g/mol. The molecular formula is C25H18N4O2S. The Bertz CT molecular complexity index is 1330. The highest BCUT2D eigenvalue weighted by Crippen LogP contribution is 2.30. The fourth-order valence-corrected chi connectivity index (χ4v) is 4.05. The van der Waals surface area contributed by atoms with Crippen molar-refractivity contribution in [3.05, 3.63) is 97.2 Å². The molecule has 0 atom stereocenters. The fraction of sp³-hybridized carbons (Fsp3) is 0. The number of benzene rings is 3. The van der Waals surface area contributed by atoms with Gasteiger partial charge in [-0.15, -0.1) is 0 Å². The van der Waals surface area contributed by atoms with Gasteiger partial charge in [0.2, 0.25) is 0 Å². The third-order valence-corrected chi connectivity index (χ3v) is 5.65. The summed E-state index contributed by atoms with van der Waals surface area (Å²) in [6.45, 7) is 0. The molecule has 0 aliphatic heterocycles. The average molecular weight is 439 g/mol. The summed E-state index contributed by atoms with van der Waals surface area (Å²) < 4.78 is 5.77. The number of rotatable bonds is 5. The number of carbonyl (C=O) groups excluding carboxylic acids is 1. The Balaban J connectivity index is 1.24. The van der Waals surface area contributed by atoms with E-state index >= 15 is 0 Å². The third-order valence-electron chi connectivity index (χ3n) is 4.62. The van der Waals surface area contributed by atoms with Crippen LogP contribution >= 0.6 is 11.3 Å². The first kappa shape index (κ1) is 19.7. The van der Waals surface area contributed by atoms with E-state index in [0.717, 1.165) is 26.7 Å². The summed E-state index contributed by atoms with van der Waals surface area (Å²) in [4.78, 5) is 22.3. The molecule has 5 rings (SSSR count). The van der Waals surface area contributed by atoms with Gasteiger partial charge in [0.15, 0.2) is 0 Å². The van der Waals surface area contributed by atoms with E-state index in [0.29, 0.717) is 17.1 Å². The Kier molecular flexibility index (Phi) is 5.47. The number of thiazole rings is 1. The highest BCUT2D eigenvalue weighted by Gasteiger charge is 2.09. The quantitative estimate of drug-likeness (QED) is 0.317. The molecule has 156 valence electrons. The van der Waals surface area contributed by atoms with Crippen molar-refractivity contribution in [2.24, 2.45) is 0 Å². The van der Waals surface area contributed by atoms with E-state index in [1.807, 2.05) is 78.9 Å². The predicted octanol–water partition coefficient (Wildman–Crippen LogP) is 6.79. The first-order valence-electron chi connectivity index (χ1n) is 9.96. The topological polar surface area (TPSA) is 76.1 Å². The highest BCUT2D eigenvalue weighted by molar-refractivity contribution is 7.21. The average Bonchev–Trinajstić information content (AvgIpc) is 3.26. The van der Waals surface area contributed by atoms with Gasteiger partial charge in [0.25, 0.3) is 0 Å². The molecule has 0 bridgehead atoms. The van der Waals surface area contributed by atoms with Crippen LogP contribution in [0, 0.1) is 0 Å². The Labute approximate surface area is 188 Å². The van der Waals surface area contributed by atoms with Crippen LogP contribution in [0.25, 0.3) is 20.9 Å². The summed E-state index contributed by atoms with van der Waals surface area (Å²) in [7, 11) is 0. The molecule has 0 saturated carbocycles. The van der Waals surface area contributed by atoms with E-state index in [-0.39, 0.29) is 6.03 Å². The van der Waals surface area contributed by atoms with Gasteiger partial charge in [0, 0.05) is 23.1 Å². The molecule has 32 heavy (non-hydrogen) atoms. The molecule has 2 amide bonds. The van der Waals surface area contributed by atoms with Crippen molar-refractivity contribution in [1.82, 2.24) is 9.97 Å². The van der Waals surface area contributed by atoms with Gasteiger partial charge in [-0.1, -0.05) is 41.7 Å². The number of hydrogen-bond acceptors (Lipinski definition) is 5. The maximum Gasteiger partial charge on any atom is 0.323 e. The summed E-state index contributed by atoms with van der Waals surface area (Å²) in [5, 5.41) is 6.56. The SMILES string of the molecule is O=C(Nc1ccc(Oc2ccccc2)cc1)Nc1cccc(-c2nc3cccnc3s2)c1. The molecule has 2 N–H and O–H groups in total. The van der Waals surface area contributed by atoms with Crippen LogP contribution in [0.15, 0.2) is 97.2 Å². The first-order valence-corrected chi connectivity index (χ1v) is 10.8. The van der Waals surface area contributed by atoms with Crippen molar-refractivity contribution in [2.75, 3.05) is 10.6 Å². The third kappa shape index (κ3) is 4.58. The minimum atomic E-state index is -0.329. The second kappa shape index (κ2) is 8.87. The maximum absolute atomic E-state index is 12.5. The van der Waals surface area contributed by atoms with Gasteiger partial charge < -0.3 is 15.4 Å². The number of pyridine rings is 1. The number of fused-ring (bicyclic) bond motifs is 1. The van der Waals surface area contributed by atoms with Crippen molar-refractivity contribution in [1.29, 1.82) is 0 Å². The van der Waals surface area contributed by atoms with E-state index in [9.17, 15) is 4.79 Å². The molecule has 0 fully saturated rings. The van der Waals surface area contributed by atoms with Gasteiger partial charge in [-0.3, -0.25) is 0 Å². The monoisotopic (exact) mass is 438 g/mol. The summed E-state index contributed by atoms with van der Waals surface area (Å²) in [5.74, 6) is 1.45. The summed E-state index contributed by atoms with van der Waals surface area (Å²) in [6, 6.07) is 27.8. The first-order chi connectivity index (χ1) is 15.7. The van der Waals surface area contributed by atoms with Crippen molar-refractivity contribution < 1.29 is 9.53 Å². The molecule has 5 aromatic rings. The summed E-state index contributed by atoms with van der Waals surface area (Å²) in [5.41, 5.74) is 3.13. The Hall–Kier alpha value is -4.23. The van der Waals surface area contributed by atoms with E-state index < -0.39 is 0 Å². The zero-order valence-corrected chi connectivity index (χ0v) is 17.7. The van der Waals surface area contributed by atoms with E-state index in [2.05, 4.69) is 20.6 Å². The highest BCUT2D eigenvalue weighted by atomic mass is 32.1. The van der Waals surface area contributed by atoms with Gasteiger partial charge in [-0.05, 0) is 60.7 Å². The largest absolute Gasteiger partial charge is 0.457 e. The zero-order chi connectivity index (χ0) is 21.8. The number of carbonyl (C=O) groups is 1. The summed E-state index contributed by atoms with van der Waals surface area (Å²) >= 11 is 1.52. The normalized spacial score (nSPS) is 10.6. The number of para-hydroxylation sites is 1. The van der Waals surface area contributed by atoms with Crippen molar-refractivity contribution in [3.8, 4) is 22.1 Å². The molecule has 0 radical (unpaired) electrons. The molecule has 0 unspecified atom stereocenters. The van der Waals surface area contributed by atoms with Gasteiger partial charge in [0.1, 0.15) is 26.9 Å². The molecule has 0 spiro atoms.